The van der Waals surface area contributed by atoms with Crippen LogP contribution in [0.15, 0.2) is 157 Å². The van der Waals surface area contributed by atoms with Crippen LogP contribution in [0.25, 0.3) is 49.8 Å². The van der Waals surface area contributed by atoms with Crippen LogP contribution in [0.2, 0.25) is 0 Å². The fourth-order valence-corrected chi connectivity index (χ4v) is 11.9. The van der Waals surface area contributed by atoms with Crippen molar-refractivity contribution in [2.75, 3.05) is 0 Å². The number of nitrogens with zero attached hydrogens (tertiary/aromatic N) is 1. The molecule has 1 fully saturated rings. The maximum atomic E-state index is 2.54. The van der Waals surface area contributed by atoms with Crippen LogP contribution < -0.4 is 0 Å². The van der Waals surface area contributed by atoms with Gasteiger partial charge in [0.25, 0.3) is 0 Å². The lowest BCUT2D eigenvalue weighted by Gasteiger charge is -2.36. The molecule has 0 aliphatic heterocycles. The van der Waals surface area contributed by atoms with Gasteiger partial charge in [0.15, 0.2) is 0 Å². The molecule has 1 heteroatoms. The molecule has 1 heterocycles. The third-order valence-corrected chi connectivity index (χ3v) is 14.6. The Morgan fingerprint density at radius 1 is 0.618 bits per heavy atom. The lowest BCUT2D eigenvalue weighted by molar-refractivity contribution is 0.398. The van der Waals surface area contributed by atoms with Crippen LogP contribution in [-0.4, -0.2) is 4.57 Å². The molecule has 5 aromatic carbocycles. The van der Waals surface area contributed by atoms with Crippen molar-refractivity contribution >= 4 is 44.1 Å². The number of benzene rings is 5. The molecule has 0 bridgehead atoms. The molecule has 55 heavy (non-hydrogen) atoms. The predicted molar refractivity (Wildman–Crippen MR) is 231 cm³/mol. The van der Waals surface area contributed by atoms with E-state index in [0.717, 1.165) is 0 Å². The van der Waals surface area contributed by atoms with Crippen LogP contribution in [0, 0.1) is 17.8 Å². The zero-order valence-corrected chi connectivity index (χ0v) is 31.9. The SMILES string of the molecule is CC1=C(c2ccccc2C2CCC2)C2c3ccc4c(c3C(C)(C)C2C=C1)c1ccccc1n4-c1ccc(C2=CC=C3c4ccccc4C4=CC=CC2C43)cc1. The first-order valence-electron chi connectivity index (χ1n) is 20.5. The normalized spacial score (nSPS) is 24.2. The van der Waals surface area contributed by atoms with Crippen molar-refractivity contribution in [2.45, 2.75) is 57.3 Å². The van der Waals surface area contributed by atoms with Crippen molar-refractivity contribution in [3.05, 3.63) is 196 Å². The monoisotopic (exact) mass is 707 g/mol. The summed E-state index contributed by atoms with van der Waals surface area (Å²) in [6.07, 6.45) is 20.8. The van der Waals surface area contributed by atoms with Crippen LogP contribution in [0.5, 0.6) is 0 Å². The number of allylic oxidation sites excluding steroid dienone is 12. The highest BCUT2D eigenvalue weighted by atomic mass is 15.0. The van der Waals surface area contributed by atoms with E-state index in [4.69, 9.17) is 0 Å². The fourth-order valence-electron chi connectivity index (χ4n) is 11.9. The van der Waals surface area contributed by atoms with Gasteiger partial charge in [-0.15, -0.1) is 0 Å². The first-order chi connectivity index (χ1) is 27.0. The standard InChI is InChI=1S/C54H45N/c1-32-22-30-46-51(49(32)40-17-7-4-14-36(40)33-12-10-13-33)45-29-31-48-52(53(45)54(46,2)3)44-18-8-9-21-47(44)55(48)35-25-23-34(24-26-35)37-27-28-43-39-16-6-5-15-38(39)42-20-11-19-41(37)50(42)43/h4-9,11,14-31,33,41,46,50-51H,10,12-13H2,1-3H3. The molecule has 6 aliphatic rings. The molecular weight excluding hydrogens is 663 g/mol. The summed E-state index contributed by atoms with van der Waals surface area (Å²) in [5, 5.41) is 2.78. The molecule has 6 aliphatic carbocycles. The van der Waals surface area contributed by atoms with Crippen molar-refractivity contribution in [1.29, 1.82) is 0 Å². The second-order valence-corrected chi connectivity index (χ2v) is 17.5. The van der Waals surface area contributed by atoms with E-state index in [1.54, 1.807) is 11.1 Å². The van der Waals surface area contributed by atoms with Crippen molar-refractivity contribution in [1.82, 2.24) is 4.57 Å². The van der Waals surface area contributed by atoms with Gasteiger partial charge in [-0.3, -0.25) is 0 Å². The molecule has 0 amide bonds. The van der Waals surface area contributed by atoms with E-state index in [2.05, 4.69) is 177 Å². The Kier molecular flexibility index (Phi) is 6.58. The smallest absolute Gasteiger partial charge is 0.0544 e. The van der Waals surface area contributed by atoms with E-state index in [1.807, 2.05) is 0 Å². The van der Waals surface area contributed by atoms with E-state index in [-0.39, 0.29) is 5.41 Å². The Labute approximate surface area is 324 Å². The van der Waals surface area contributed by atoms with Gasteiger partial charge in [0.1, 0.15) is 0 Å². The van der Waals surface area contributed by atoms with Crippen molar-refractivity contribution in [2.24, 2.45) is 17.8 Å². The molecule has 6 aromatic rings. The van der Waals surface area contributed by atoms with Crippen LogP contribution in [0.3, 0.4) is 0 Å². The van der Waals surface area contributed by atoms with Gasteiger partial charge < -0.3 is 4.57 Å². The summed E-state index contributed by atoms with van der Waals surface area (Å²) in [6, 6.07) is 41.8. The van der Waals surface area contributed by atoms with Crippen molar-refractivity contribution in [3.8, 4) is 5.69 Å². The molecule has 0 radical (unpaired) electrons. The van der Waals surface area contributed by atoms with Gasteiger partial charge in [-0.05, 0) is 128 Å². The van der Waals surface area contributed by atoms with Gasteiger partial charge in [-0.2, -0.15) is 0 Å². The minimum absolute atomic E-state index is 0.0350. The van der Waals surface area contributed by atoms with E-state index in [9.17, 15) is 0 Å². The summed E-state index contributed by atoms with van der Waals surface area (Å²) in [5.41, 5.74) is 21.3. The van der Waals surface area contributed by atoms with Gasteiger partial charge in [0.05, 0.1) is 11.0 Å². The highest BCUT2D eigenvalue weighted by Crippen LogP contribution is 2.62. The Balaban J connectivity index is 0.988. The van der Waals surface area contributed by atoms with E-state index in [1.165, 1.54) is 102 Å². The third kappa shape index (κ3) is 4.25. The van der Waals surface area contributed by atoms with E-state index in [0.29, 0.717) is 29.6 Å². The number of aromatic nitrogens is 1. The minimum Gasteiger partial charge on any atom is -0.309 e. The highest BCUT2D eigenvalue weighted by molar-refractivity contribution is 6.12. The molecule has 1 aromatic heterocycles. The van der Waals surface area contributed by atoms with E-state index < -0.39 is 0 Å². The molecule has 1 saturated carbocycles. The predicted octanol–water partition coefficient (Wildman–Crippen LogP) is 13.8. The van der Waals surface area contributed by atoms with Crippen LogP contribution in [0.4, 0.5) is 0 Å². The molecule has 12 rings (SSSR count). The number of fused-ring (bicyclic) bond motifs is 10. The van der Waals surface area contributed by atoms with Crippen LogP contribution in [-0.2, 0) is 5.41 Å². The average Bonchev–Trinajstić information content (AvgIpc) is 3.79. The first kappa shape index (κ1) is 31.7. The maximum absolute atomic E-state index is 2.54. The number of para-hydroxylation sites is 1. The Morgan fingerprint density at radius 3 is 2.11 bits per heavy atom. The van der Waals surface area contributed by atoms with Gasteiger partial charge in [-0.1, -0.05) is 148 Å². The summed E-state index contributed by atoms with van der Waals surface area (Å²) in [5.74, 6) is 2.18. The quantitative estimate of drug-likeness (QED) is 0.172. The lowest BCUT2D eigenvalue weighted by Crippen LogP contribution is -2.27. The maximum Gasteiger partial charge on any atom is 0.0544 e. The number of hydrogen-bond donors (Lipinski definition) is 0. The molecule has 0 spiro atoms. The van der Waals surface area contributed by atoms with Crippen LogP contribution in [0.1, 0.15) is 90.8 Å². The topological polar surface area (TPSA) is 4.93 Å². The second-order valence-electron chi connectivity index (χ2n) is 17.5. The molecule has 4 unspecified atom stereocenters. The van der Waals surface area contributed by atoms with Crippen molar-refractivity contribution < 1.29 is 0 Å². The highest BCUT2D eigenvalue weighted by Gasteiger charge is 2.50. The molecule has 0 saturated heterocycles. The van der Waals surface area contributed by atoms with E-state index >= 15 is 0 Å². The van der Waals surface area contributed by atoms with Gasteiger partial charge >= 0.3 is 0 Å². The largest absolute Gasteiger partial charge is 0.309 e. The number of rotatable bonds is 4. The van der Waals surface area contributed by atoms with Crippen LogP contribution >= 0.6 is 0 Å². The molecule has 266 valence electrons. The first-order valence-corrected chi connectivity index (χ1v) is 20.5. The minimum atomic E-state index is -0.0350. The molecule has 0 N–H and O–H groups in total. The zero-order valence-electron chi connectivity index (χ0n) is 31.9. The lowest BCUT2D eigenvalue weighted by atomic mass is 9.67. The Bertz CT molecular complexity index is 2830. The second kappa shape index (κ2) is 11.4. The average molecular weight is 708 g/mol. The van der Waals surface area contributed by atoms with Gasteiger partial charge in [0, 0.05) is 34.2 Å². The van der Waals surface area contributed by atoms with Gasteiger partial charge in [0.2, 0.25) is 0 Å². The summed E-state index contributed by atoms with van der Waals surface area (Å²) < 4.78 is 2.53. The summed E-state index contributed by atoms with van der Waals surface area (Å²) >= 11 is 0. The van der Waals surface area contributed by atoms with Gasteiger partial charge in [-0.25, -0.2) is 0 Å². The molecular formula is C54H45N. The summed E-state index contributed by atoms with van der Waals surface area (Å²) in [4.78, 5) is 0. The fraction of sp³-hybridized carbons (Fsp3) is 0.222. The number of hydrogen-bond acceptors (Lipinski definition) is 0. The Hall–Kier alpha value is -5.66. The summed E-state index contributed by atoms with van der Waals surface area (Å²) in [7, 11) is 0. The third-order valence-electron chi connectivity index (χ3n) is 14.6. The van der Waals surface area contributed by atoms with Crippen molar-refractivity contribution in [3.63, 3.8) is 0 Å². The Morgan fingerprint density at radius 2 is 1.33 bits per heavy atom. The molecule has 1 nitrogen and oxygen atoms in total. The molecule has 4 atom stereocenters. The zero-order chi connectivity index (χ0) is 36.6. The summed E-state index contributed by atoms with van der Waals surface area (Å²) in [6.45, 7) is 7.38.